The fraction of sp³-hybridized carbons (Fsp3) is 0.158. The zero-order valence-electron chi connectivity index (χ0n) is 13.5. The van der Waals surface area contributed by atoms with E-state index in [1.165, 1.54) is 0 Å². The normalized spacial score (nSPS) is 10.6. The molecule has 4 nitrogen and oxygen atoms in total. The minimum atomic E-state index is -0.0918. The van der Waals surface area contributed by atoms with Crippen molar-refractivity contribution in [1.82, 2.24) is 9.78 Å². The summed E-state index contributed by atoms with van der Waals surface area (Å²) >= 11 is 12.2. The number of carbonyl (C=O) groups is 1. The largest absolute Gasteiger partial charge is 0.311 e. The second-order valence-electron chi connectivity index (χ2n) is 5.62. The Morgan fingerprint density at radius 1 is 1.04 bits per heavy atom. The Hall–Kier alpha value is -2.30. The maximum atomic E-state index is 12.3. The van der Waals surface area contributed by atoms with Crippen LogP contribution < -0.4 is 5.32 Å². The van der Waals surface area contributed by atoms with E-state index in [-0.39, 0.29) is 5.91 Å². The molecule has 0 bridgehead atoms. The van der Waals surface area contributed by atoms with Crippen molar-refractivity contribution in [1.29, 1.82) is 0 Å². The lowest BCUT2D eigenvalue weighted by Crippen LogP contribution is -2.16. The molecule has 3 aromatic rings. The highest BCUT2D eigenvalue weighted by Gasteiger charge is 2.10. The molecule has 0 aliphatic rings. The van der Waals surface area contributed by atoms with Gasteiger partial charge in [-0.3, -0.25) is 4.79 Å². The number of benzene rings is 2. The summed E-state index contributed by atoms with van der Waals surface area (Å²) < 4.78 is 1.76. The highest BCUT2D eigenvalue weighted by molar-refractivity contribution is 6.42. The molecule has 2 aromatic carbocycles. The van der Waals surface area contributed by atoms with Crippen molar-refractivity contribution in [2.24, 2.45) is 0 Å². The number of rotatable bonds is 6. The molecule has 0 atom stereocenters. The molecule has 1 aromatic heterocycles. The van der Waals surface area contributed by atoms with Crippen LogP contribution in [-0.4, -0.2) is 15.7 Å². The average Bonchev–Trinajstić information content (AvgIpc) is 3.04. The SMILES string of the molecule is O=C(CCc1cccc(Cl)c1Cl)Nc1ccnn1Cc1ccccc1. The van der Waals surface area contributed by atoms with Crippen molar-refractivity contribution < 1.29 is 4.79 Å². The molecule has 0 saturated carbocycles. The Morgan fingerprint density at radius 2 is 1.84 bits per heavy atom. The third-order valence-corrected chi connectivity index (χ3v) is 4.67. The van der Waals surface area contributed by atoms with Crippen molar-refractivity contribution in [3.8, 4) is 0 Å². The summed E-state index contributed by atoms with van der Waals surface area (Å²) in [5.41, 5.74) is 1.98. The Labute approximate surface area is 156 Å². The van der Waals surface area contributed by atoms with Gasteiger partial charge in [0.1, 0.15) is 5.82 Å². The molecule has 0 spiro atoms. The molecule has 0 aliphatic heterocycles. The summed E-state index contributed by atoms with van der Waals surface area (Å²) in [6.07, 6.45) is 2.51. The molecule has 1 amide bonds. The van der Waals surface area contributed by atoms with Crippen LogP contribution in [0.3, 0.4) is 0 Å². The van der Waals surface area contributed by atoms with Gasteiger partial charge < -0.3 is 5.32 Å². The van der Waals surface area contributed by atoms with Crippen molar-refractivity contribution >= 4 is 34.9 Å². The zero-order valence-corrected chi connectivity index (χ0v) is 15.0. The fourth-order valence-corrected chi connectivity index (χ4v) is 2.93. The van der Waals surface area contributed by atoms with Crippen molar-refractivity contribution in [3.05, 3.63) is 82.0 Å². The van der Waals surface area contributed by atoms with Crippen LogP contribution in [0.5, 0.6) is 0 Å². The van der Waals surface area contributed by atoms with E-state index in [2.05, 4.69) is 10.4 Å². The molecule has 6 heteroatoms. The van der Waals surface area contributed by atoms with Crippen molar-refractivity contribution in [2.75, 3.05) is 5.32 Å². The standard InChI is InChI=1S/C19H17Cl2N3O/c20-16-8-4-7-15(19(16)21)9-10-18(25)23-17-11-12-22-24(17)13-14-5-2-1-3-6-14/h1-8,11-12H,9-10,13H2,(H,23,25). The molecule has 0 fully saturated rings. The van der Waals surface area contributed by atoms with Gasteiger partial charge in [-0.2, -0.15) is 5.10 Å². The molecule has 3 rings (SSSR count). The van der Waals surface area contributed by atoms with E-state index < -0.39 is 0 Å². The number of nitrogens with one attached hydrogen (secondary N) is 1. The molecule has 0 unspecified atom stereocenters. The minimum Gasteiger partial charge on any atom is -0.311 e. The van der Waals surface area contributed by atoms with Crippen LogP contribution in [0.2, 0.25) is 10.0 Å². The van der Waals surface area contributed by atoms with Gasteiger partial charge in [0.15, 0.2) is 0 Å². The first-order chi connectivity index (χ1) is 12.1. The Kier molecular flexibility index (Phi) is 5.74. The number of aromatic nitrogens is 2. The second kappa shape index (κ2) is 8.19. The zero-order chi connectivity index (χ0) is 17.6. The van der Waals surface area contributed by atoms with Crippen LogP contribution >= 0.6 is 23.2 Å². The molecule has 128 valence electrons. The van der Waals surface area contributed by atoms with E-state index in [0.717, 1.165) is 11.1 Å². The monoisotopic (exact) mass is 373 g/mol. The van der Waals surface area contributed by atoms with Gasteiger partial charge in [0, 0.05) is 12.5 Å². The van der Waals surface area contributed by atoms with Gasteiger partial charge in [0.2, 0.25) is 5.91 Å². The molecule has 0 radical (unpaired) electrons. The lowest BCUT2D eigenvalue weighted by Gasteiger charge is -2.10. The molecular weight excluding hydrogens is 357 g/mol. The maximum Gasteiger partial charge on any atom is 0.225 e. The molecule has 0 saturated heterocycles. The summed E-state index contributed by atoms with van der Waals surface area (Å²) in [5, 5.41) is 8.18. The summed E-state index contributed by atoms with van der Waals surface area (Å²) in [6, 6.07) is 17.2. The van der Waals surface area contributed by atoms with Crippen LogP contribution in [0, 0.1) is 0 Å². The van der Waals surface area contributed by atoms with E-state index >= 15 is 0 Å². The van der Waals surface area contributed by atoms with Crippen LogP contribution in [0.15, 0.2) is 60.8 Å². The van der Waals surface area contributed by atoms with Gasteiger partial charge >= 0.3 is 0 Å². The van der Waals surface area contributed by atoms with Gasteiger partial charge in [0.25, 0.3) is 0 Å². The number of amides is 1. The molecule has 1 N–H and O–H groups in total. The lowest BCUT2D eigenvalue weighted by molar-refractivity contribution is -0.116. The van der Waals surface area contributed by atoms with E-state index in [9.17, 15) is 4.79 Å². The summed E-state index contributed by atoms with van der Waals surface area (Å²) in [4.78, 5) is 12.3. The predicted octanol–water partition coefficient (Wildman–Crippen LogP) is 4.81. The fourth-order valence-electron chi connectivity index (χ4n) is 2.52. The Bertz CT molecular complexity index is 862. The van der Waals surface area contributed by atoms with Gasteiger partial charge in [-0.25, -0.2) is 4.68 Å². The predicted molar refractivity (Wildman–Crippen MR) is 101 cm³/mol. The first-order valence-corrected chi connectivity index (χ1v) is 8.67. The number of hydrogen-bond acceptors (Lipinski definition) is 2. The molecule has 1 heterocycles. The quantitative estimate of drug-likeness (QED) is 0.673. The number of halogens is 2. The van der Waals surface area contributed by atoms with E-state index in [1.807, 2.05) is 42.5 Å². The number of carbonyl (C=O) groups excluding carboxylic acids is 1. The van der Waals surface area contributed by atoms with Crippen LogP contribution in [0.4, 0.5) is 5.82 Å². The van der Waals surface area contributed by atoms with Gasteiger partial charge in [-0.1, -0.05) is 65.7 Å². The number of hydrogen-bond donors (Lipinski definition) is 1. The lowest BCUT2D eigenvalue weighted by atomic mass is 10.1. The summed E-state index contributed by atoms with van der Waals surface area (Å²) in [7, 11) is 0. The first-order valence-electron chi connectivity index (χ1n) is 7.92. The Balaban J connectivity index is 1.60. The van der Waals surface area contributed by atoms with Crippen molar-refractivity contribution in [3.63, 3.8) is 0 Å². The summed E-state index contributed by atoms with van der Waals surface area (Å²) in [6.45, 7) is 0.601. The third kappa shape index (κ3) is 4.62. The maximum absolute atomic E-state index is 12.3. The van der Waals surface area contributed by atoms with Gasteiger partial charge in [-0.05, 0) is 23.6 Å². The van der Waals surface area contributed by atoms with Crippen molar-refractivity contribution in [2.45, 2.75) is 19.4 Å². The molecule has 25 heavy (non-hydrogen) atoms. The Morgan fingerprint density at radius 3 is 2.64 bits per heavy atom. The van der Waals surface area contributed by atoms with Gasteiger partial charge in [-0.15, -0.1) is 0 Å². The smallest absolute Gasteiger partial charge is 0.225 e. The number of nitrogens with zero attached hydrogens (tertiary/aromatic N) is 2. The summed E-state index contributed by atoms with van der Waals surface area (Å²) in [5.74, 6) is 0.580. The molecule has 0 aliphatic carbocycles. The number of aryl methyl sites for hydroxylation is 1. The van der Waals surface area contributed by atoms with E-state index in [0.29, 0.717) is 35.2 Å². The number of anilines is 1. The highest BCUT2D eigenvalue weighted by Crippen LogP contribution is 2.26. The first kappa shape index (κ1) is 17.5. The van der Waals surface area contributed by atoms with Crippen LogP contribution in [-0.2, 0) is 17.8 Å². The third-order valence-electron chi connectivity index (χ3n) is 3.81. The topological polar surface area (TPSA) is 46.9 Å². The van der Waals surface area contributed by atoms with Crippen LogP contribution in [0.25, 0.3) is 0 Å². The van der Waals surface area contributed by atoms with E-state index in [4.69, 9.17) is 23.2 Å². The highest BCUT2D eigenvalue weighted by atomic mass is 35.5. The molecular formula is C19H17Cl2N3O. The van der Waals surface area contributed by atoms with E-state index in [1.54, 1.807) is 23.0 Å². The minimum absolute atomic E-state index is 0.0918. The average molecular weight is 374 g/mol. The van der Waals surface area contributed by atoms with Crippen LogP contribution in [0.1, 0.15) is 17.5 Å². The second-order valence-corrected chi connectivity index (χ2v) is 6.41. The van der Waals surface area contributed by atoms with Gasteiger partial charge in [0.05, 0.1) is 22.8 Å².